The molecule has 0 atom stereocenters. The van der Waals surface area contributed by atoms with Crippen molar-refractivity contribution in [1.29, 1.82) is 0 Å². The Bertz CT molecular complexity index is 783. The molecule has 2 aromatic rings. The van der Waals surface area contributed by atoms with Gasteiger partial charge in [-0.2, -0.15) is 0 Å². The van der Waals surface area contributed by atoms with Crippen molar-refractivity contribution in [1.82, 2.24) is 5.32 Å². The first-order valence-electron chi connectivity index (χ1n) is 8.63. The van der Waals surface area contributed by atoms with Gasteiger partial charge in [-0.15, -0.1) is 0 Å². The largest absolute Gasteiger partial charge is 0.381 e. The highest BCUT2D eigenvalue weighted by Crippen LogP contribution is 2.34. The summed E-state index contributed by atoms with van der Waals surface area (Å²) in [6.07, 6.45) is 4.71. The van der Waals surface area contributed by atoms with Gasteiger partial charge in [-0.3, -0.25) is 4.79 Å². The second-order valence-electron chi connectivity index (χ2n) is 6.51. The standard InChI is InChI=1S/C21H21ClFNO2/c22-18-7-5-17(6-8-18)21(10-12-26-13-11-21)15-24-20(25)9-4-16-2-1-3-19(23)14-16/h1-9,14H,10-13,15H2,(H,24,25). The lowest BCUT2D eigenvalue weighted by Gasteiger charge is -2.37. The normalized spacial score (nSPS) is 16.5. The molecule has 1 heterocycles. The van der Waals surface area contributed by atoms with Crippen LogP contribution < -0.4 is 5.32 Å². The molecule has 1 amide bonds. The third-order valence-electron chi connectivity index (χ3n) is 4.78. The average molecular weight is 374 g/mol. The van der Waals surface area contributed by atoms with Gasteiger partial charge in [0.25, 0.3) is 0 Å². The highest BCUT2D eigenvalue weighted by Gasteiger charge is 2.34. The van der Waals surface area contributed by atoms with E-state index in [0.717, 1.165) is 18.4 Å². The number of hydrogen-bond donors (Lipinski definition) is 1. The molecule has 1 aliphatic heterocycles. The molecule has 0 unspecified atom stereocenters. The Morgan fingerprint density at radius 2 is 1.92 bits per heavy atom. The Morgan fingerprint density at radius 3 is 2.62 bits per heavy atom. The summed E-state index contributed by atoms with van der Waals surface area (Å²) in [6.45, 7) is 1.85. The summed E-state index contributed by atoms with van der Waals surface area (Å²) in [5, 5.41) is 3.68. The number of nitrogens with one attached hydrogen (secondary N) is 1. The molecule has 1 aliphatic rings. The topological polar surface area (TPSA) is 38.3 Å². The van der Waals surface area contributed by atoms with Gasteiger partial charge < -0.3 is 10.1 Å². The van der Waals surface area contributed by atoms with Crippen LogP contribution >= 0.6 is 11.6 Å². The van der Waals surface area contributed by atoms with Crippen molar-refractivity contribution in [2.45, 2.75) is 18.3 Å². The highest BCUT2D eigenvalue weighted by molar-refractivity contribution is 6.30. The van der Waals surface area contributed by atoms with Crippen LogP contribution in [0.15, 0.2) is 54.6 Å². The van der Waals surface area contributed by atoms with Gasteiger partial charge >= 0.3 is 0 Å². The van der Waals surface area contributed by atoms with Crippen molar-refractivity contribution in [2.24, 2.45) is 0 Å². The summed E-state index contributed by atoms with van der Waals surface area (Å²) in [5.41, 5.74) is 1.64. The summed E-state index contributed by atoms with van der Waals surface area (Å²) in [7, 11) is 0. The molecule has 136 valence electrons. The first-order valence-corrected chi connectivity index (χ1v) is 9.01. The minimum atomic E-state index is -0.323. The second kappa shape index (κ2) is 8.47. The Labute approximate surface area is 157 Å². The van der Waals surface area contributed by atoms with Crippen LogP contribution in [-0.2, 0) is 14.9 Å². The molecule has 0 bridgehead atoms. The number of carbonyl (C=O) groups excluding carboxylic acids is 1. The molecule has 0 spiro atoms. The van der Waals surface area contributed by atoms with Crippen LogP contribution in [0, 0.1) is 5.82 Å². The maximum Gasteiger partial charge on any atom is 0.244 e. The molecule has 26 heavy (non-hydrogen) atoms. The predicted molar refractivity (Wildman–Crippen MR) is 102 cm³/mol. The van der Waals surface area contributed by atoms with E-state index in [-0.39, 0.29) is 17.1 Å². The van der Waals surface area contributed by atoms with Crippen LogP contribution in [0.1, 0.15) is 24.0 Å². The number of hydrogen-bond acceptors (Lipinski definition) is 2. The van der Waals surface area contributed by atoms with E-state index in [1.54, 1.807) is 18.2 Å². The molecule has 1 saturated heterocycles. The van der Waals surface area contributed by atoms with E-state index >= 15 is 0 Å². The van der Waals surface area contributed by atoms with E-state index in [1.807, 2.05) is 24.3 Å². The number of amides is 1. The monoisotopic (exact) mass is 373 g/mol. The van der Waals surface area contributed by atoms with Crippen LogP contribution in [0.25, 0.3) is 6.08 Å². The lowest BCUT2D eigenvalue weighted by atomic mass is 9.74. The Morgan fingerprint density at radius 1 is 1.19 bits per heavy atom. The molecular formula is C21H21ClFNO2. The highest BCUT2D eigenvalue weighted by atomic mass is 35.5. The van der Waals surface area contributed by atoms with E-state index in [9.17, 15) is 9.18 Å². The van der Waals surface area contributed by atoms with E-state index in [4.69, 9.17) is 16.3 Å². The van der Waals surface area contributed by atoms with Crippen molar-refractivity contribution in [2.75, 3.05) is 19.8 Å². The summed E-state index contributed by atoms with van der Waals surface area (Å²) >= 11 is 6.00. The Hall–Kier alpha value is -2.17. The number of benzene rings is 2. The fraction of sp³-hybridized carbons (Fsp3) is 0.286. The molecule has 0 aromatic heterocycles. The molecule has 1 N–H and O–H groups in total. The van der Waals surface area contributed by atoms with E-state index in [1.165, 1.54) is 18.2 Å². The van der Waals surface area contributed by atoms with Crippen molar-refractivity contribution in [3.63, 3.8) is 0 Å². The molecular weight excluding hydrogens is 353 g/mol. The third kappa shape index (κ3) is 4.71. The van der Waals surface area contributed by atoms with Crippen molar-refractivity contribution in [3.8, 4) is 0 Å². The van der Waals surface area contributed by atoms with Gasteiger partial charge in [0.15, 0.2) is 0 Å². The van der Waals surface area contributed by atoms with Crippen LogP contribution in [0.4, 0.5) is 4.39 Å². The molecule has 1 fully saturated rings. The van der Waals surface area contributed by atoms with Crippen molar-refractivity contribution in [3.05, 3.63) is 76.6 Å². The number of rotatable bonds is 5. The molecule has 0 saturated carbocycles. The average Bonchev–Trinajstić information content (AvgIpc) is 2.66. The van der Waals surface area contributed by atoms with Crippen LogP contribution in [0.5, 0.6) is 0 Å². The van der Waals surface area contributed by atoms with Gasteiger partial charge in [0.2, 0.25) is 5.91 Å². The number of carbonyl (C=O) groups is 1. The zero-order chi connectivity index (χ0) is 18.4. The van der Waals surface area contributed by atoms with E-state index in [2.05, 4.69) is 5.32 Å². The van der Waals surface area contributed by atoms with Crippen LogP contribution in [-0.4, -0.2) is 25.7 Å². The fourth-order valence-corrected chi connectivity index (χ4v) is 3.36. The van der Waals surface area contributed by atoms with Gasteiger partial charge in [-0.05, 0) is 54.3 Å². The Balaban J connectivity index is 1.68. The maximum absolute atomic E-state index is 13.2. The van der Waals surface area contributed by atoms with Crippen molar-refractivity contribution < 1.29 is 13.9 Å². The zero-order valence-electron chi connectivity index (χ0n) is 14.4. The van der Waals surface area contributed by atoms with Crippen molar-refractivity contribution >= 4 is 23.6 Å². The predicted octanol–water partition coefficient (Wildman–Crippen LogP) is 4.36. The third-order valence-corrected chi connectivity index (χ3v) is 5.04. The van der Waals surface area contributed by atoms with Gasteiger partial charge in [0, 0.05) is 36.3 Å². The second-order valence-corrected chi connectivity index (χ2v) is 6.94. The maximum atomic E-state index is 13.2. The molecule has 3 nitrogen and oxygen atoms in total. The molecule has 0 radical (unpaired) electrons. The van der Waals surface area contributed by atoms with E-state index in [0.29, 0.717) is 30.3 Å². The number of ether oxygens (including phenoxy) is 1. The van der Waals surface area contributed by atoms with Gasteiger partial charge in [0.1, 0.15) is 5.82 Å². The minimum absolute atomic E-state index is 0.162. The molecule has 2 aromatic carbocycles. The smallest absolute Gasteiger partial charge is 0.244 e. The SMILES string of the molecule is O=C(C=Cc1cccc(F)c1)NCC1(c2ccc(Cl)cc2)CCOCC1. The van der Waals surface area contributed by atoms with Gasteiger partial charge in [-0.1, -0.05) is 35.9 Å². The minimum Gasteiger partial charge on any atom is -0.381 e. The lowest BCUT2D eigenvalue weighted by Crippen LogP contribution is -2.44. The molecule has 0 aliphatic carbocycles. The van der Waals surface area contributed by atoms with Crippen LogP contribution in [0.3, 0.4) is 0 Å². The molecule has 5 heteroatoms. The Kier molecular flexibility index (Phi) is 6.07. The van der Waals surface area contributed by atoms with Gasteiger partial charge in [0.05, 0.1) is 0 Å². The zero-order valence-corrected chi connectivity index (χ0v) is 15.1. The van der Waals surface area contributed by atoms with E-state index < -0.39 is 0 Å². The first kappa shape index (κ1) is 18.6. The van der Waals surface area contributed by atoms with Gasteiger partial charge in [-0.25, -0.2) is 4.39 Å². The quantitative estimate of drug-likeness (QED) is 0.791. The summed E-state index contributed by atoms with van der Waals surface area (Å²) in [5.74, 6) is -0.523. The lowest BCUT2D eigenvalue weighted by molar-refractivity contribution is -0.116. The van der Waals surface area contributed by atoms with Crippen LogP contribution in [0.2, 0.25) is 5.02 Å². The molecule has 3 rings (SSSR count). The summed E-state index contributed by atoms with van der Waals surface area (Å²) < 4.78 is 18.7. The number of halogens is 2. The fourth-order valence-electron chi connectivity index (χ4n) is 3.23. The summed E-state index contributed by atoms with van der Waals surface area (Å²) in [6, 6.07) is 13.9. The first-order chi connectivity index (χ1) is 12.6. The summed E-state index contributed by atoms with van der Waals surface area (Å²) in [4.78, 5) is 12.2.